The van der Waals surface area contributed by atoms with Crippen molar-refractivity contribution in [2.75, 3.05) is 6.61 Å². The molecule has 156 valence electrons. The zero-order chi connectivity index (χ0) is 21.6. The SMILES string of the molecule is C=CCC=C=C(C)[C@@H](CO[Si](C)(C)C(C)(C)C)NS(=O)(=O)c1ccc(C)cc1. The first-order valence-electron chi connectivity index (χ1n) is 9.55. The van der Waals surface area contributed by atoms with Crippen LogP contribution in [0.3, 0.4) is 0 Å². The normalized spacial score (nSPS) is 13.5. The van der Waals surface area contributed by atoms with Gasteiger partial charge in [-0.1, -0.05) is 44.5 Å². The molecule has 0 unspecified atom stereocenters. The first-order valence-corrected chi connectivity index (χ1v) is 13.9. The maximum absolute atomic E-state index is 12.9. The molecule has 28 heavy (non-hydrogen) atoms. The van der Waals surface area contributed by atoms with Gasteiger partial charge in [0.15, 0.2) is 8.32 Å². The van der Waals surface area contributed by atoms with Crippen LogP contribution in [0.4, 0.5) is 0 Å². The molecule has 0 aliphatic heterocycles. The number of hydrogen-bond acceptors (Lipinski definition) is 3. The lowest BCUT2D eigenvalue weighted by Crippen LogP contribution is -2.46. The molecule has 0 aliphatic rings. The highest BCUT2D eigenvalue weighted by molar-refractivity contribution is 7.89. The van der Waals surface area contributed by atoms with Gasteiger partial charge < -0.3 is 4.43 Å². The van der Waals surface area contributed by atoms with E-state index in [4.69, 9.17) is 4.43 Å². The molecule has 0 saturated heterocycles. The molecule has 0 aliphatic carbocycles. The predicted molar refractivity (Wildman–Crippen MR) is 121 cm³/mol. The third-order valence-electron chi connectivity index (χ3n) is 5.18. The first-order chi connectivity index (χ1) is 12.8. The van der Waals surface area contributed by atoms with E-state index >= 15 is 0 Å². The van der Waals surface area contributed by atoms with Crippen LogP contribution in [-0.4, -0.2) is 29.4 Å². The van der Waals surface area contributed by atoms with Gasteiger partial charge in [0.1, 0.15) is 0 Å². The molecule has 0 spiro atoms. The Morgan fingerprint density at radius 2 is 1.86 bits per heavy atom. The number of benzene rings is 1. The molecular formula is C22H35NO3SSi. The second-order valence-electron chi connectivity index (χ2n) is 8.61. The summed E-state index contributed by atoms with van der Waals surface area (Å²) in [6, 6.07) is 6.35. The molecule has 0 aromatic heterocycles. The summed E-state index contributed by atoms with van der Waals surface area (Å²) < 4.78 is 34.9. The Kier molecular flexibility index (Phi) is 8.66. The van der Waals surface area contributed by atoms with Crippen LogP contribution >= 0.6 is 0 Å². The van der Waals surface area contributed by atoms with E-state index in [2.05, 4.69) is 50.9 Å². The van der Waals surface area contributed by atoms with Crippen LogP contribution in [0.2, 0.25) is 18.1 Å². The van der Waals surface area contributed by atoms with Crippen LogP contribution in [0.1, 0.15) is 39.7 Å². The molecule has 1 atom stereocenters. The van der Waals surface area contributed by atoms with Gasteiger partial charge in [0.25, 0.3) is 0 Å². The fourth-order valence-corrected chi connectivity index (χ4v) is 4.40. The van der Waals surface area contributed by atoms with E-state index in [0.29, 0.717) is 6.42 Å². The van der Waals surface area contributed by atoms with E-state index in [-0.39, 0.29) is 16.5 Å². The molecule has 0 heterocycles. The van der Waals surface area contributed by atoms with Crippen molar-refractivity contribution in [3.05, 3.63) is 59.9 Å². The average Bonchev–Trinajstić information content (AvgIpc) is 2.58. The average molecular weight is 422 g/mol. The molecule has 1 aromatic rings. The van der Waals surface area contributed by atoms with Crippen molar-refractivity contribution in [1.82, 2.24) is 4.72 Å². The fourth-order valence-electron chi connectivity index (χ4n) is 2.13. The van der Waals surface area contributed by atoms with Gasteiger partial charge in [0.05, 0.1) is 17.5 Å². The molecule has 0 amide bonds. The minimum Gasteiger partial charge on any atom is -0.415 e. The first kappa shape index (κ1) is 24.6. The van der Waals surface area contributed by atoms with Crippen molar-refractivity contribution in [3.63, 3.8) is 0 Å². The minimum atomic E-state index is -3.66. The Morgan fingerprint density at radius 1 is 1.29 bits per heavy atom. The zero-order valence-corrected chi connectivity index (χ0v) is 20.1. The molecule has 4 nitrogen and oxygen atoms in total. The van der Waals surface area contributed by atoms with E-state index in [1.807, 2.05) is 19.9 Å². The van der Waals surface area contributed by atoms with Crippen molar-refractivity contribution in [1.29, 1.82) is 0 Å². The van der Waals surface area contributed by atoms with E-state index < -0.39 is 24.4 Å². The van der Waals surface area contributed by atoms with Crippen LogP contribution in [0.15, 0.2) is 59.2 Å². The molecule has 1 aromatic carbocycles. The molecule has 0 fully saturated rings. The zero-order valence-electron chi connectivity index (χ0n) is 18.3. The van der Waals surface area contributed by atoms with Gasteiger partial charge in [0.2, 0.25) is 10.0 Å². The van der Waals surface area contributed by atoms with Crippen molar-refractivity contribution in [2.24, 2.45) is 0 Å². The molecule has 0 bridgehead atoms. The Balaban J connectivity index is 3.15. The summed E-state index contributed by atoms with van der Waals surface area (Å²) in [6.45, 7) is 18.6. The number of allylic oxidation sites excluding steroid dienone is 1. The Hall–Kier alpha value is -1.43. The third kappa shape index (κ3) is 7.19. The Bertz CT molecular complexity index is 828. The van der Waals surface area contributed by atoms with Gasteiger partial charge in [-0.05, 0) is 62.2 Å². The number of sulfonamides is 1. The molecule has 6 heteroatoms. The highest BCUT2D eigenvalue weighted by atomic mass is 32.2. The third-order valence-corrected chi connectivity index (χ3v) is 11.2. The number of hydrogen-bond donors (Lipinski definition) is 1. The quantitative estimate of drug-likeness (QED) is 0.332. The second kappa shape index (κ2) is 9.86. The van der Waals surface area contributed by atoms with Crippen molar-refractivity contribution in [3.8, 4) is 0 Å². The summed E-state index contributed by atoms with van der Waals surface area (Å²) in [7, 11) is -5.68. The topological polar surface area (TPSA) is 55.4 Å². The Labute approximate surface area is 172 Å². The Morgan fingerprint density at radius 3 is 2.36 bits per heavy atom. The molecule has 0 saturated carbocycles. The number of rotatable bonds is 9. The lowest BCUT2D eigenvalue weighted by Gasteiger charge is -2.37. The summed E-state index contributed by atoms with van der Waals surface area (Å²) in [4.78, 5) is 0.248. The summed E-state index contributed by atoms with van der Waals surface area (Å²) in [5.41, 5.74) is 4.97. The van der Waals surface area contributed by atoms with Crippen LogP contribution in [0, 0.1) is 6.92 Å². The summed E-state index contributed by atoms with van der Waals surface area (Å²) in [5, 5.41) is 0.0453. The van der Waals surface area contributed by atoms with E-state index in [1.165, 1.54) is 0 Å². The van der Waals surface area contributed by atoms with Crippen molar-refractivity contribution >= 4 is 18.3 Å². The number of aryl methyl sites for hydroxylation is 1. The number of nitrogens with one attached hydrogen (secondary N) is 1. The van der Waals surface area contributed by atoms with Gasteiger partial charge in [0, 0.05) is 0 Å². The largest absolute Gasteiger partial charge is 0.415 e. The lowest BCUT2D eigenvalue weighted by molar-refractivity contribution is 0.268. The summed E-state index contributed by atoms with van der Waals surface area (Å²) >= 11 is 0. The van der Waals surface area contributed by atoms with E-state index in [1.54, 1.807) is 30.3 Å². The van der Waals surface area contributed by atoms with Gasteiger partial charge in [-0.2, -0.15) is 0 Å². The maximum Gasteiger partial charge on any atom is 0.241 e. The fraction of sp³-hybridized carbons (Fsp3) is 0.500. The van der Waals surface area contributed by atoms with Crippen molar-refractivity contribution in [2.45, 2.75) is 70.1 Å². The summed E-state index contributed by atoms with van der Waals surface area (Å²) in [5.74, 6) is 0. The van der Waals surface area contributed by atoms with Gasteiger partial charge in [-0.25, -0.2) is 13.1 Å². The summed E-state index contributed by atoms with van der Waals surface area (Å²) in [6.07, 6.45) is 4.30. The monoisotopic (exact) mass is 421 g/mol. The van der Waals surface area contributed by atoms with Gasteiger partial charge >= 0.3 is 0 Å². The van der Waals surface area contributed by atoms with Crippen molar-refractivity contribution < 1.29 is 12.8 Å². The molecule has 1 rings (SSSR count). The molecule has 1 N–H and O–H groups in total. The predicted octanol–water partition coefficient (Wildman–Crippen LogP) is 5.34. The van der Waals surface area contributed by atoms with E-state index in [0.717, 1.165) is 11.1 Å². The highest BCUT2D eigenvalue weighted by Gasteiger charge is 2.38. The van der Waals surface area contributed by atoms with Crippen LogP contribution in [-0.2, 0) is 14.4 Å². The van der Waals surface area contributed by atoms with Gasteiger partial charge in [-0.3, -0.25) is 0 Å². The lowest BCUT2D eigenvalue weighted by atomic mass is 10.1. The second-order valence-corrected chi connectivity index (χ2v) is 15.1. The van der Waals surface area contributed by atoms with E-state index in [9.17, 15) is 8.42 Å². The smallest absolute Gasteiger partial charge is 0.241 e. The van der Waals surface area contributed by atoms with Crippen LogP contribution < -0.4 is 4.72 Å². The van der Waals surface area contributed by atoms with Gasteiger partial charge in [-0.15, -0.1) is 12.3 Å². The van der Waals surface area contributed by atoms with Crippen LogP contribution in [0.25, 0.3) is 0 Å². The standard InChI is InChI=1S/C22H35NO3SSi/c1-9-10-11-12-19(3)21(17-26-28(7,8)22(4,5)6)23-27(24,25)20-15-13-18(2)14-16-20/h9,11,13-16,21,23H,1,10,17H2,2-8H3/t12?,21-/m1/s1. The highest BCUT2D eigenvalue weighted by Crippen LogP contribution is 2.36. The molecular weight excluding hydrogens is 386 g/mol. The minimum absolute atomic E-state index is 0.0453. The van der Waals surface area contributed by atoms with Crippen LogP contribution in [0.5, 0.6) is 0 Å². The maximum atomic E-state index is 12.9. The molecule has 0 radical (unpaired) electrons.